The zero-order valence-electron chi connectivity index (χ0n) is 14.4. The number of aryl methyl sites for hydroxylation is 1. The zero-order valence-corrected chi connectivity index (χ0v) is 15.2. The minimum absolute atomic E-state index is 0. The van der Waals surface area contributed by atoms with E-state index in [9.17, 15) is 4.79 Å². The molecule has 0 spiro atoms. The summed E-state index contributed by atoms with van der Waals surface area (Å²) in [6, 6.07) is 19.5. The van der Waals surface area contributed by atoms with Gasteiger partial charge in [0.15, 0.2) is 0 Å². The third-order valence-electron chi connectivity index (χ3n) is 3.78. The van der Waals surface area contributed by atoms with E-state index >= 15 is 0 Å². The van der Waals surface area contributed by atoms with Gasteiger partial charge in [-0.15, -0.1) is 12.4 Å². The summed E-state index contributed by atoms with van der Waals surface area (Å²) in [5.41, 5.74) is 1.89. The number of rotatable bonds is 8. The molecule has 0 saturated carbocycles. The molecule has 0 amide bonds. The number of ether oxygens (including phenoxy) is 1. The maximum atomic E-state index is 12.3. The van der Waals surface area contributed by atoms with Gasteiger partial charge in [0.1, 0.15) is 6.10 Å². The van der Waals surface area contributed by atoms with Crippen molar-refractivity contribution in [2.24, 2.45) is 0 Å². The quantitative estimate of drug-likeness (QED) is 0.670. The van der Waals surface area contributed by atoms with Crippen LogP contribution in [-0.4, -0.2) is 37.6 Å². The molecule has 0 bridgehead atoms. The molecular weight excluding hydrogens is 322 g/mol. The summed E-state index contributed by atoms with van der Waals surface area (Å²) in [4.78, 5) is 14.4. The van der Waals surface area contributed by atoms with Gasteiger partial charge in [-0.3, -0.25) is 0 Å². The van der Waals surface area contributed by atoms with Crippen molar-refractivity contribution < 1.29 is 9.53 Å². The van der Waals surface area contributed by atoms with Crippen LogP contribution >= 0.6 is 12.4 Å². The maximum absolute atomic E-state index is 12.3. The summed E-state index contributed by atoms with van der Waals surface area (Å²) >= 11 is 0. The first-order valence-electron chi connectivity index (χ1n) is 8.10. The molecule has 0 heterocycles. The van der Waals surface area contributed by atoms with Crippen LogP contribution in [0.5, 0.6) is 0 Å². The molecule has 1 unspecified atom stereocenters. The van der Waals surface area contributed by atoms with Crippen LogP contribution in [0.25, 0.3) is 0 Å². The van der Waals surface area contributed by atoms with Crippen molar-refractivity contribution in [1.82, 2.24) is 4.90 Å². The Hall–Kier alpha value is -1.84. The third kappa shape index (κ3) is 7.16. The van der Waals surface area contributed by atoms with E-state index in [1.807, 2.05) is 50.5 Å². The van der Waals surface area contributed by atoms with Crippen LogP contribution in [0.4, 0.5) is 0 Å². The monoisotopic (exact) mass is 347 g/mol. The summed E-state index contributed by atoms with van der Waals surface area (Å²) in [5, 5.41) is 0. The Balaban J connectivity index is 0.00000288. The van der Waals surface area contributed by atoms with Crippen molar-refractivity contribution in [3.05, 3.63) is 71.8 Å². The van der Waals surface area contributed by atoms with Gasteiger partial charge < -0.3 is 9.64 Å². The lowest BCUT2D eigenvalue weighted by atomic mass is 10.0. The fourth-order valence-electron chi connectivity index (χ4n) is 2.43. The number of carbonyl (C=O) groups excluding carboxylic acids is 1. The van der Waals surface area contributed by atoms with Gasteiger partial charge in [-0.25, -0.2) is 4.79 Å². The van der Waals surface area contributed by atoms with E-state index in [1.54, 1.807) is 12.1 Å². The second kappa shape index (κ2) is 10.8. The SMILES string of the molecule is CN(C)CCC(CCc1ccccc1)OC(=O)c1ccccc1.Cl. The van der Waals surface area contributed by atoms with Crippen molar-refractivity contribution >= 4 is 18.4 Å². The topological polar surface area (TPSA) is 29.5 Å². The van der Waals surface area contributed by atoms with Gasteiger partial charge in [0.05, 0.1) is 5.56 Å². The molecule has 0 aliphatic rings. The van der Waals surface area contributed by atoms with E-state index in [0.717, 1.165) is 25.8 Å². The molecule has 2 aromatic carbocycles. The van der Waals surface area contributed by atoms with Crippen LogP contribution in [0.3, 0.4) is 0 Å². The minimum atomic E-state index is -0.234. The van der Waals surface area contributed by atoms with Gasteiger partial charge in [0.2, 0.25) is 0 Å². The van der Waals surface area contributed by atoms with Crippen LogP contribution in [0.15, 0.2) is 60.7 Å². The first kappa shape index (κ1) is 20.2. The number of esters is 1. The standard InChI is InChI=1S/C20H25NO2.ClH/c1-21(2)16-15-19(14-13-17-9-5-3-6-10-17)23-20(22)18-11-7-4-8-12-18;/h3-12,19H,13-16H2,1-2H3;1H. The highest BCUT2D eigenvalue weighted by atomic mass is 35.5. The highest BCUT2D eigenvalue weighted by Crippen LogP contribution is 2.13. The molecule has 0 aromatic heterocycles. The Labute approximate surface area is 151 Å². The summed E-state index contributed by atoms with van der Waals surface area (Å²) in [7, 11) is 4.07. The van der Waals surface area contributed by atoms with E-state index in [0.29, 0.717) is 5.56 Å². The number of nitrogens with zero attached hydrogens (tertiary/aromatic N) is 1. The summed E-state index contributed by atoms with van der Waals surface area (Å²) in [6.07, 6.45) is 2.54. The van der Waals surface area contributed by atoms with Crippen molar-refractivity contribution in [3.8, 4) is 0 Å². The normalized spacial score (nSPS) is 11.6. The molecule has 0 aliphatic carbocycles. The second-order valence-corrected chi connectivity index (χ2v) is 6.01. The van der Waals surface area contributed by atoms with Crippen molar-refractivity contribution in [1.29, 1.82) is 0 Å². The Kier molecular flexibility index (Phi) is 9.13. The Bertz CT molecular complexity index is 587. The number of hydrogen-bond acceptors (Lipinski definition) is 3. The van der Waals surface area contributed by atoms with Gasteiger partial charge in [-0.05, 0) is 51.1 Å². The van der Waals surface area contributed by atoms with Gasteiger partial charge in [-0.2, -0.15) is 0 Å². The van der Waals surface area contributed by atoms with Gasteiger partial charge in [0.25, 0.3) is 0 Å². The third-order valence-corrected chi connectivity index (χ3v) is 3.78. The Morgan fingerprint density at radius 1 is 0.958 bits per heavy atom. The average molecular weight is 348 g/mol. The number of benzene rings is 2. The van der Waals surface area contributed by atoms with Crippen LogP contribution < -0.4 is 0 Å². The number of halogens is 1. The van der Waals surface area contributed by atoms with E-state index < -0.39 is 0 Å². The number of carbonyl (C=O) groups is 1. The molecule has 0 saturated heterocycles. The molecule has 2 aromatic rings. The first-order chi connectivity index (χ1) is 11.1. The second-order valence-electron chi connectivity index (χ2n) is 6.01. The molecule has 0 radical (unpaired) electrons. The molecule has 3 nitrogen and oxygen atoms in total. The van der Waals surface area contributed by atoms with Gasteiger partial charge in [-0.1, -0.05) is 48.5 Å². The zero-order chi connectivity index (χ0) is 16.5. The molecule has 4 heteroatoms. The fraction of sp³-hybridized carbons (Fsp3) is 0.350. The van der Waals surface area contributed by atoms with E-state index in [1.165, 1.54) is 5.56 Å². The van der Waals surface area contributed by atoms with Crippen molar-refractivity contribution in [3.63, 3.8) is 0 Å². The summed E-state index contributed by atoms with van der Waals surface area (Å²) in [6.45, 7) is 0.904. The first-order valence-corrected chi connectivity index (χ1v) is 8.10. The Morgan fingerprint density at radius 2 is 1.54 bits per heavy atom. The van der Waals surface area contributed by atoms with Crippen LogP contribution in [0, 0.1) is 0 Å². The smallest absolute Gasteiger partial charge is 0.338 e. The molecule has 0 N–H and O–H groups in total. The molecule has 0 fully saturated rings. The van der Waals surface area contributed by atoms with Gasteiger partial charge >= 0.3 is 5.97 Å². The molecule has 130 valence electrons. The lowest BCUT2D eigenvalue weighted by Gasteiger charge is -2.20. The summed E-state index contributed by atoms with van der Waals surface area (Å²) < 4.78 is 5.74. The molecule has 24 heavy (non-hydrogen) atoms. The lowest BCUT2D eigenvalue weighted by molar-refractivity contribution is 0.0246. The minimum Gasteiger partial charge on any atom is -0.459 e. The van der Waals surface area contributed by atoms with Gasteiger partial charge in [0, 0.05) is 6.54 Å². The Morgan fingerprint density at radius 3 is 2.12 bits per heavy atom. The largest absolute Gasteiger partial charge is 0.459 e. The van der Waals surface area contributed by atoms with E-state index in [2.05, 4.69) is 17.0 Å². The van der Waals surface area contributed by atoms with Crippen molar-refractivity contribution in [2.75, 3.05) is 20.6 Å². The molecular formula is C20H26ClNO2. The van der Waals surface area contributed by atoms with E-state index in [4.69, 9.17) is 4.74 Å². The van der Waals surface area contributed by atoms with E-state index in [-0.39, 0.29) is 24.5 Å². The van der Waals surface area contributed by atoms with Crippen LogP contribution in [0.2, 0.25) is 0 Å². The maximum Gasteiger partial charge on any atom is 0.338 e. The average Bonchev–Trinajstić information content (AvgIpc) is 2.58. The highest BCUT2D eigenvalue weighted by molar-refractivity contribution is 5.89. The van der Waals surface area contributed by atoms with Crippen LogP contribution in [-0.2, 0) is 11.2 Å². The van der Waals surface area contributed by atoms with Crippen molar-refractivity contribution in [2.45, 2.75) is 25.4 Å². The predicted molar refractivity (Wildman–Crippen MR) is 101 cm³/mol. The molecule has 0 aliphatic heterocycles. The summed E-state index contributed by atoms with van der Waals surface area (Å²) in [5.74, 6) is -0.234. The predicted octanol–water partition coefficient (Wildman–Crippen LogP) is 4.22. The lowest BCUT2D eigenvalue weighted by Crippen LogP contribution is -2.25. The highest BCUT2D eigenvalue weighted by Gasteiger charge is 2.16. The molecule has 1 atom stereocenters. The fourth-order valence-corrected chi connectivity index (χ4v) is 2.43. The van der Waals surface area contributed by atoms with Crippen LogP contribution in [0.1, 0.15) is 28.8 Å². The number of hydrogen-bond donors (Lipinski definition) is 0. The molecule has 2 rings (SSSR count).